The molecule has 3 aromatic rings. The van der Waals surface area contributed by atoms with Crippen molar-refractivity contribution in [1.29, 1.82) is 0 Å². The number of carbonyl (C=O) groups is 1. The lowest BCUT2D eigenvalue weighted by Gasteiger charge is -2.18. The van der Waals surface area contributed by atoms with Crippen LogP contribution in [0.5, 0.6) is 0 Å². The fraction of sp³-hybridized carbons (Fsp3) is 0.318. The van der Waals surface area contributed by atoms with E-state index in [0.29, 0.717) is 5.56 Å². The smallest absolute Gasteiger partial charge is 0.248 e. The monoisotopic (exact) mass is 349 g/mol. The Balaban J connectivity index is 1.85. The van der Waals surface area contributed by atoms with Crippen molar-refractivity contribution >= 4 is 16.8 Å². The minimum atomic E-state index is -0.400. The molecule has 0 saturated carbocycles. The minimum absolute atomic E-state index is 0.273. The van der Waals surface area contributed by atoms with Gasteiger partial charge in [0, 0.05) is 42.3 Å². The molecule has 0 unspecified atom stereocenters. The molecule has 0 saturated heterocycles. The molecular weight excluding hydrogens is 322 g/mol. The number of amides is 1. The zero-order valence-electron chi connectivity index (χ0n) is 16.0. The van der Waals surface area contributed by atoms with Crippen LogP contribution in [0.3, 0.4) is 0 Å². The zero-order valence-corrected chi connectivity index (χ0v) is 16.0. The Hall–Kier alpha value is -2.59. The first kappa shape index (κ1) is 18.2. The van der Waals surface area contributed by atoms with Gasteiger partial charge >= 0.3 is 0 Å². The van der Waals surface area contributed by atoms with Crippen LogP contribution >= 0.6 is 0 Å². The summed E-state index contributed by atoms with van der Waals surface area (Å²) in [6.45, 7) is 8.53. The van der Waals surface area contributed by atoms with E-state index in [4.69, 9.17) is 5.73 Å². The molecule has 4 nitrogen and oxygen atoms in total. The number of nitrogens with two attached hydrogens (primary N) is 1. The predicted octanol–water partition coefficient (Wildman–Crippen LogP) is 4.08. The van der Waals surface area contributed by atoms with Gasteiger partial charge in [0.05, 0.1) is 0 Å². The van der Waals surface area contributed by atoms with E-state index in [-0.39, 0.29) is 5.41 Å². The van der Waals surface area contributed by atoms with E-state index < -0.39 is 5.91 Å². The number of hydrogen-bond acceptors (Lipinski definition) is 2. The van der Waals surface area contributed by atoms with Crippen LogP contribution in [0.15, 0.2) is 48.5 Å². The highest BCUT2D eigenvalue weighted by Crippen LogP contribution is 2.27. The summed E-state index contributed by atoms with van der Waals surface area (Å²) in [4.78, 5) is 11.2. The summed E-state index contributed by atoms with van der Waals surface area (Å²) >= 11 is 0. The molecule has 1 aromatic heterocycles. The molecule has 0 atom stereocenters. The van der Waals surface area contributed by atoms with Crippen molar-refractivity contribution in [2.24, 2.45) is 18.2 Å². The maximum atomic E-state index is 11.2. The predicted molar refractivity (Wildman–Crippen MR) is 108 cm³/mol. The zero-order chi connectivity index (χ0) is 18.9. The fourth-order valence-corrected chi connectivity index (χ4v) is 3.15. The van der Waals surface area contributed by atoms with Crippen molar-refractivity contribution in [3.8, 4) is 11.1 Å². The molecule has 2 aromatic carbocycles. The standard InChI is InChI=1S/C22H27N3O/c1-22(2,3)14-24-13-19-12-18-11-17(9-10-20(18)25(19)4)15-5-7-16(8-6-15)21(23)26/h5-12,24H,13-14H2,1-4H3,(H2,23,26). The second-order valence-electron chi connectivity index (χ2n) is 8.07. The first-order valence-electron chi connectivity index (χ1n) is 8.94. The average Bonchev–Trinajstić information content (AvgIpc) is 2.89. The Labute approximate surface area is 155 Å². The van der Waals surface area contributed by atoms with Crippen LogP contribution in [-0.4, -0.2) is 17.0 Å². The molecule has 1 amide bonds. The Morgan fingerprint density at radius 2 is 1.69 bits per heavy atom. The Kier molecular flexibility index (Phi) is 4.88. The van der Waals surface area contributed by atoms with Crippen molar-refractivity contribution in [3.05, 3.63) is 59.8 Å². The maximum absolute atomic E-state index is 11.2. The number of carbonyl (C=O) groups excluding carboxylic acids is 1. The molecular formula is C22H27N3O. The topological polar surface area (TPSA) is 60.1 Å². The highest BCUT2D eigenvalue weighted by atomic mass is 16.1. The lowest BCUT2D eigenvalue weighted by molar-refractivity contribution is 0.100. The third-order valence-corrected chi connectivity index (χ3v) is 4.61. The molecule has 0 spiro atoms. The number of aryl methyl sites for hydroxylation is 1. The molecule has 0 aliphatic heterocycles. The van der Waals surface area contributed by atoms with Gasteiger partial charge in [-0.15, -0.1) is 0 Å². The van der Waals surface area contributed by atoms with Gasteiger partial charge in [-0.2, -0.15) is 0 Å². The van der Waals surface area contributed by atoms with E-state index in [2.05, 4.69) is 62.0 Å². The Bertz CT molecular complexity index is 930. The lowest BCUT2D eigenvalue weighted by Crippen LogP contribution is -2.27. The number of aromatic nitrogens is 1. The van der Waals surface area contributed by atoms with Crippen LogP contribution in [0, 0.1) is 5.41 Å². The summed E-state index contributed by atoms with van der Waals surface area (Å²) < 4.78 is 2.24. The van der Waals surface area contributed by atoms with Gasteiger partial charge in [0.2, 0.25) is 5.91 Å². The normalized spacial score (nSPS) is 11.8. The molecule has 26 heavy (non-hydrogen) atoms. The summed E-state index contributed by atoms with van der Waals surface area (Å²) in [6, 6.07) is 16.1. The van der Waals surface area contributed by atoms with Gasteiger partial charge in [0.25, 0.3) is 0 Å². The third kappa shape index (κ3) is 3.97. The summed E-state index contributed by atoms with van der Waals surface area (Å²) in [5.41, 5.74) is 10.8. The van der Waals surface area contributed by atoms with Crippen LogP contribution in [0.1, 0.15) is 36.8 Å². The summed E-state index contributed by atoms with van der Waals surface area (Å²) in [5.74, 6) is -0.400. The number of rotatable bonds is 5. The Morgan fingerprint density at radius 1 is 1.04 bits per heavy atom. The van der Waals surface area contributed by atoms with Crippen molar-refractivity contribution in [2.45, 2.75) is 27.3 Å². The summed E-state index contributed by atoms with van der Waals surface area (Å²) in [6.07, 6.45) is 0. The highest BCUT2D eigenvalue weighted by Gasteiger charge is 2.11. The van der Waals surface area contributed by atoms with Crippen molar-refractivity contribution in [2.75, 3.05) is 6.54 Å². The molecule has 0 radical (unpaired) electrons. The van der Waals surface area contributed by atoms with Crippen molar-refractivity contribution in [3.63, 3.8) is 0 Å². The number of hydrogen-bond donors (Lipinski definition) is 2. The molecule has 0 aliphatic carbocycles. The molecule has 3 N–H and O–H groups in total. The second-order valence-corrected chi connectivity index (χ2v) is 8.07. The summed E-state index contributed by atoms with van der Waals surface area (Å²) in [7, 11) is 2.11. The van der Waals surface area contributed by atoms with Gasteiger partial charge in [0.15, 0.2) is 0 Å². The van der Waals surface area contributed by atoms with Crippen LogP contribution in [0.25, 0.3) is 22.0 Å². The van der Waals surface area contributed by atoms with Crippen LogP contribution in [0.4, 0.5) is 0 Å². The number of benzene rings is 2. The van der Waals surface area contributed by atoms with Gasteiger partial charge in [0.1, 0.15) is 0 Å². The molecule has 4 heteroatoms. The lowest BCUT2D eigenvalue weighted by atomic mass is 9.97. The first-order valence-corrected chi connectivity index (χ1v) is 8.94. The first-order chi connectivity index (χ1) is 12.2. The Morgan fingerprint density at radius 3 is 2.31 bits per heavy atom. The van der Waals surface area contributed by atoms with Gasteiger partial charge in [-0.3, -0.25) is 4.79 Å². The molecule has 0 bridgehead atoms. The van der Waals surface area contributed by atoms with E-state index in [1.807, 2.05) is 12.1 Å². The molecule has 1 heterocycles. The largest absolute Gasteiger partial charge is 0.366 e. The quantitative estimate of drug-likeness (QED) is 0.729. The van der Waals surface area contributed by atoms with Crippen molar-refractivity contribution in [1.82, 2.24) is 9.88 Å². The van der Waals surface area contributed by atoms with E-state index >= 15 is 0 Å². The van der Waals surface area contributed by atoms with Crippen LogP contribution in [0.2, 0.25) is 0 Å². The molecule has 0 fully saturated rings. The van der Waals surface area contributed by atoms with Crippen LogP contribution in [-0.2, 0) is 13.6 Å². The van der Waals surface area contributed by atoms with E-state index in [1.165, 1.54) is 16.6 Å². The molecule has 136 valence electrons. The number of nitrogens with zero attached hydrogens (tertiary/aromatic N) is 1. The van der Waals surface area contributed by atoms with Gasteiger partial charge in [-0.25, -0.2) is 0 Å². The SMILES string of the molecule is Cn1c(CNCC(C)(C)C)cc2cc(-c3ccc(C(N)=O)cc3)ccc21. The fourth-order valence-electron chi connectivity index (χ4n) is 3.15. The maximum Gasteiger partial charge on any atom is 0.248 e. The van der Waals surface area contributed by atoms with E-state index in [1.54, 1.807) is 12.1 Å². The second kappa shape index (κ2) is 6.96. The third-order valence-electron chi connectivity index (χ3n) is 4.61. The van der Waals surface area contributed by atoms with Gasteiger partial charge in [-0.1, -0.05) is 39.0 Å². The number of nitrogens with one attached hydrogen (secondary N) is 1. The molecule has 3 rings (SSSR count). The minimum Gasteiger partial charge on any atom is -0.366 e. The van der Waals surface area contributed by atoms with E-state index in [9.17, 15) is 4.79 Å². The van der Waals surface area contributed by atoms with Gasteiger partial charge < -0.3 is 15.6 Å². The number of primary amides is 1. The average molecular weight is 349 g/mol. The highest BCUT2D eigenvalue weighted by molar-refractivity contribution is 5.93. The number of fused-ring (bicyclic) bond motifs is 1. The molecule has 0 aliphatic rings. The van der Waals surface area contributed by atoms with Crippen LogP contribution < -0.4 is 11.1 Å². The van der Waals surface area contributed by atoms with Gasteiger partial charge in [-0.05, 0) is 46.9 Å². The van der Waals surface area contributed by atoms with Crippen molar-refractivity contribution < 1.29 is 4.79 Å². The van der Waals surface area contributed by atoms with E-state index in [0.717, 1.165) is 24.2 Å². The summed E-state index contributed by atoms with van der Waals surface area (Å²) in [5, 5.41) is 4.76.